The van der Waals surface area contributed by atoms with Crippen LogP contribution in [-0.2, 0) is 16.6 Å². The second-order valence-corrected chi connectivity index (χ2v) is 6.44. The first-order valence-electron chi connectivity index (χ1n) is 6.02. The molecule has 0 aliphatic carbocycles. The molecule has 1 rings (SSSR count). The molecule has 0 fully saturated rings. The number of rotatable bonds is 7. The molecular formula is C12H21N3O2S. The van der Waals surface area contributed by atoms with E-state index >= 15 is 0 Å². The third-order valence-corrected chi connectivity index (χ3v) is 3.83. The standard InChI is InChI=1S/C12H21N3O2S/c1-10(2)13-7-8-18(16,17)15-9-12-11(3)5-4-6-14-12/h4-6,10,13,15H,7-9H2,1-3H3. The van der Waals surface area contributed by atoms with Gasteiger partial charge in [-0.05, 0) is 18.6 Å². The fourth-order valence-electron chi connectivity index (χ4n) is 1.44. The molecule has 0 atom stereocenters. The van der Waals surface area contributed by atoms with Crippen LogP contribution in [-0.4, -0.2) is 31.7 Å². The number of sulfonamides is 1. The predicted molar refractivity (Wildman–Crippen MR) is 72.7 cm³/mol. The van der Waals surface area contributed by atoms with E-state index in [0.29, 0.717) is 12.6 Å². The summed E-state index contributed by atoms with van der Waals surface area (Å²) >= 11 is 0. The van der Waals surface area contributed by atoms with E-state index in [0.717, 1.165) is 11.3 Å². The van der Waals surface area contributed by atoms with Crippen LogP contribution in [0.2, 0.25) is 0 Å². The molecule has 0 amide bonds. The second-order valence-electron chi connectivity index (χ2n) is 4.52. The number of nitrogens with zero attached hydrogens (tertiary/aromatic N) is 1. The van der Waals surface area contributed by atoms with Gasteiger partial charge >= 0.3 is 0 Å². The van der Waals surface area contributed by atoms with E-state index in [4.69, 9.17) is 0 Å². The maximum absolute atomic E-state index is 11.7. The topological polar surface area (TPSA) is 71.1 Å². The molecule has 5 nitrogen and oxygen atoms in total. The van der Waals surface area contributed by atoms with Crippen molar-refractivity contribution in [3.8, 4) is 0 Å². The summed E-state index contributed by atoms with van der Waals surface area (Å²) < 4.78 is 26.0. The third-order valence-electron chi connectivity index (χ3n) is 2.50. The Balaban J connectivity index is 2.45. The fourth-order valence-corrected chi connectivity index (χ4v) is 2.32. The van der Waals surface area contributed by atoms with E-state index in [1.54, 1.807) is 6.20 Å². The lowest BCUT2D eigenvalue weighted by Crippen LogP contribution is -2.34. The molecular weight excluding hydrogens is 250 g/mol. The van der Waals surface area contributed by atoms with Gasteiger partial charge in [-0.1, -0.05) is 19.9 Å². The zero-order chi connectivity index (χ0) is 13.6. The first kappa shape index (κ1) is 15.1. The summed E-state index contributed by atoms with van der Waals surface area (Å²) in [6, 6.07) is 4.04. The van der Waals surface area contributed by atoms with E-state index in [1.165, 1.54) is 0 Å². The molecule has 18 heavy (non-hydrogen) atoms. The molecule has 2 N–H and O–H groups in total. The Morgan fingerprint density at radius 3 is 2.72 bits per heavy atom. The summed E-state index contributed by atoms with van der Waals surface area (Å²) in [5.41, 5.74) is 1.75. The van der Waals surface area contributed by atoms with Crippen LogP contribution < -0.4 is 10.0 Å². The first-order chi connectivity index (χ1) is 8.41. The van der Waals surface area contributed by atoms with Crippen LogP contribution in [0.1, 0.15) is 25.1 Å². The second kappa shape index (κ2) is 6.82. The van der Waals surface area contributed by atoms with Crippen molar-refractivity contribution in [1.29, 1.82) is 0 Å². The summed E-state index contributed by atoms with van der Waals surface area (Å²) in [6.45, 7) is 6.58. The van der Waals surface area contributed by atoms with Crippen LogP contribution in [0.4, 0.5) is 0 Å². The minimum atomic E-state index is -3.24. The highest BCUT2D eigenvalue weighted by molar-refractivity contribution is 7.89. The highest BCUT2D eigenvalue weighted by Gasteiger charge is 2.10. The number of nitrogens with one attached hydrogen (secondary N) is 2. The van der Waals surface area contributed by atoms with Crippen molar-refractivity contribution >= 4 is 10.0 Å². The third kappa shape index (κ3) is 5.57. The molecule has 1 aromatic rings. The summed E-state index contributed by atoms with van der Waals surface area (Å²) in [5, 5.41) is 3.08. The molecule has 0 aromatic carbocycles. The summed E-state index contributed by atoms with van der Waals surface area (Å²) in [4.78, 5) is 4.15. The summed E-state index contributed by atoms with van der Waals surface area (Å²) in [5.74, 6) is 0.0804. The monoisotopic (exact) mass is 271 g/mol. The minimum absolute atomic E-state index is 0.0804. The Labute approximate surface area is 109 Å². The molecule has 102 valence electrons. The molecule has 1 heterocycles. The van der Waals surface area contributed by atoms with Crippen molar-refractivity contribution in [2.24, 2.45) is 0 Å². The van der Waals surface area contributed by atoms with Crippen molar-refractivity contribution < 1.29 is 8.42 Å². The van der Waals surface area contributed by atoms with E-state index in [-0.39, 0.29) is 12.3 Å². The van der Waals surface area contributed by atoms with Crippen LogP contribution in [0.3, 0.4) is 0 Å². The predicted octanol–water partition coefficient (Wildman–Crippen LogP) is 0.807. The molecule has 0 bridgehead atoms. The molecule has 0 unspecified atom stereocenters. The SMILES string of the molecule is Cc1cccnc1CNS(=O)(=O)CCNC(C)C. The molecule has 0 aliphatic rings. The van der Waals surface area contributed by atoms with Gasteiger partial charge in [0.1, 0.15) is 0 Å². The average molecular weight is 271 g/mol. The maximum Gasteiger partial charge on any atom is 0.213 e. The van der Waals surface area contributed by atoms with Gasteiger partial charge in [0.25, 0.3) is 0 Å². The van der Waals surface area contributed by atoms with Gasteiger partial charge in [0.05, 0.1) is 18.0 Å². The van der Waals surface area contributed by atoms with Crippen molar-refractivity contribution in [2.45, 2.75) is 33.4 Å². The molecule has 6 heteroatoms. The minimum Gasteiger partial charge on any atom is -0.313 e. The maximum atomic E-state index is 11.7. The highest BCUT2D eigenvalue weighted by atomic mass is 32.2. The Morgan fingerprint density at radius 1 is 1.39 bits per heavy atom. The van der Waals surface area contributed by atoms with Gasteiger partial charge in [-0.3, -0.25) is 4.98 Å². The highest BCUT2D eigenvalue weighted by Crippen LogP contribution is 2.02. The zero-order valence-corrected chi connectivity index (χ0v) is 11.9. The first-order valence-corrected chi connectivity index (χ1v) is 7.67. The molecule has 0 aliphatic heterocycles. The number of hydrogen-bond donors (Lipinski definition) is 2. The van der Waals surface area contributed by atoms with Crippen molar-refractivity contribution in [3.63, 3.8) is 0 Å². The van der Waals surface area contributed by atoms with Crippen molar-refractivity contribution in [3.05, 3.63) is 29.6 Å². The van der Waals surface area contributed by atoms with Gasteiger partial charge in [0, 0.05) is 18.8 Å². The molecule has 0 radical (unpaired) electrons. The molecule has 0 spiro atoms. The largest absolute Gasteiger partial charge is 0.313 e. The quantitative estimate of drug-likeness (QED) is 0.770. The number of aromatic nitrogens is 1. The molecule has 0 saturated carbocycles. The number of hydrogen-bond acceptors (Lipinski definition) is 4. The van der Waals surface area contributed by atoms with Crippen LogP contribution in [0.5, 0.6) is 0 Å². The Morgan fingerprint density at radius 2 is 2.11 bits per heavy atom. The Bertz CT molecular complexity index is 472. The lowest BCUT2D eigenvalue weighted by Gasteiger charge is -2.10. The van der Waals surface area contributed by atoms with Gasteiger partial charge in [-0.25, -0.2) is 13.1 Å². The van der Waals surface area contributed by atoms with E-state index in [2.05, 4.69) is 15.0 Å². The van der Waals surface area contributed by atoms with Crippen LogP contribution in [0.15, 0.2) is 18.3 Å². The van der Waals surface area contributed by atoms with Gasteiger partial charge in [0.15, 0.2) is 0 Å². The summed E-state index contributed by atoms with van der Waals surface area (Å²) in [7, 11) is -3.24. The lowest BCUT2D eigenvalue weighted by atomic mass is 10.2. The van der Waals surface area contributed by atoms with Crippen LogP contribution in [0.25, 0.3) is 0 Å². The Kier molecular flexibility index (Phi) is 5.71. The number of pyridine rings is 1. The van der Waals surface area contributed by atoms with E-state index in [1.807, 2.05) is 32.9 Å². The van der Waals surface area contributed by atoms with E-state index < -0.39 is 10.0 Å². The zero-order valence-electron chi connectivity index (χ0n) is 11.1. The van der Waals surface area contributed by atoms with Gasteiger partial charge in [-0.15, -0.1) is 0 Å². The average Bonchev–Trinajstić information content (AvgIpc) is 2.27. The molecule has 0 saturated heterocycles. The van der Waals surface area contributed by atoms with E-state index in [9.17, 15) is 8.42 Å². The van der Waals surface area contributed by atoms with Gasteiger partial charge in [0.2, 0.25) is 10.0 Å². The molecule has 1 aromatic heterocycles. The normalized spacial score (nSPS) is 12.0. The fraction of sp³-hybridized carbons (Fsp3) is 0.583. The van der Waals surface area contributed by atoms with Crippen molar-refractivity contribution in [1.82, 2.24) is 15.0 Å². The van der Waals surface area contributed by atoms with Gasteiger partial charge < -0.3 is 5.32 Å². The van der Waals surface area contributed by atoms with Gasteiger partial charge in [-0.2, -0.15) is 0 Å². The van der Waals surface area contributed by atoms with Crippen LogP contribution in [0, 0.1) is 6.92 Å². The smallest absolute Gasteiger partial charge is 0.213 e. The Hall–Kier alpha value is -0.980. The van der Waals surface area contributed by atoms with Crippen LogP contribution >= 0.6 is 0 Å². The van der Waals surface area contributed by atoms with Crippen molar-refractivity contribution in [2.75, 3.05) is 12.3 Å². The number of aryl methyl sites for hydroxylation is 1. The lowest BCUT2D eigenvalue weighted by molar-refractivity contribution is 0.566. The summed E-state index contributed by atoms with van der Waals surface area (Å²) in [6.07, 6.45) is 1.66.